The highest BCUT2D eigenvalue weighted by molar-refractivity contribution is 5.44. The Balaban J connectivity index is 1.76. The fourth-order valence-electron chi connectivity index (χ4n) is 5.31. The van der Waals surface area contributed by atoms with Crippen LogP contribution in [-0.4, -0.2) is 28.1 Å². The summed E-state index contributed by atoms with van der Waals surface area (Å²) in [7, 11) is 0. The van der Waals surface area contributed by atoms with Crippen LogP contribution in [0.25, 0.3) is 0 Å². The monoisotopic (exact) mass is 465 g/mol. The Hall–Kier alpha value is -3.28. The molecule has 3 N–H and O–H groups in total. The van der Waals surface area contributed by atoms with Crippen molar-refractivity contribution in [3.63, 3.8) is 0 Å². The molecule has 4 nitrogen and oxygen atoms in total. The van der Waals surface area contributed by atoms with Gasteiger partial charge in [-0.15, -0.1) is 0 Å². The largest absolute Gasteiger partial charge is 0.379 e. The summed E-state index contributed by atoms with van der Waals surface area (Å²) in [6.07, 6.45) is -0.826. The smallest absolute Gasteiger partial charge is 0.142 e. The van der Waals surface area contributed by atoms with E-state index in [1.165, 1.54) is 0 Å². The molecule has 0 bridgehead atoms. The molecule has 1 heterocycles. The van der Waals surface area contributed by atoms with Crippen molar-refractivity contribution in [1.82, 2.24) is 5.32 Å². The lowest BCUT2D eigenvalue weighted by Gasteiger charge is -2.43. The second kappa shape index (κ2) is 9.06. The highest BCUT2D eigenvalue weighted by atomic mass is 16.6. The molecule has 2 atom stereocenters. The fourth-order valence-corrected chi connectivity index (χ4v) is 5.31. The Labute approximate surface area is 206 Å². The third-order valence-electron chi connectivity index (χ3n) is 6.94. The van der Waals surface area contributed by atoms with Gasteiger partial charge in [0.15, 0.2) is 0 Å². The van der Waals surface area contributed by atoms with Crippen molar-refractivity contribution in [2.45, 2.75) is 42.9 Å². The number of aliphatic hydroxyl groups is 2. The van der Waals surface area contributed by atoms with Gasteiger partial charge in [0.2, 0.25) is 0 Å². The maximum atomic E-state index is 12.7. The van der Waals surface area contributed by atoms with Crippen LogP contribution in [-0.2, 0) is 15.9 Å². The van der Waals surface area contributed by atoms with E-state index in [9.17, 15) is 10.2 Å². The van der Waals surface area contributed by atoms with Gasteiger partial charge in [0.25, 0.3) is 0 Å². The van der Waals surface area contributed by atoms with Gasteiger partial charge >= 0.3 is 0 Å². The first-order valence-corrected chi connectivity index (χ1v) is 12.0. The minimum atomic E-state index is -1.54. The topological polar surface area (TPSA) is 61.7 Å². The lowest BCUT2D eigenvalue weighted by molar-refractivity contribution is -0.128. The van der Waals surface area contributed by atoms with Crippen molar-refractivity contribution < 1.29 is 14.9 Å². The van der Waals surface area contributed by atoms with E-state index in [0.717, 1.165) is 11.1 Å². The highest BCUT2D eigenvalue weighted by Crippen LogP contribution is 2.47. The zero-order valence-corrected chi connectivity index (χ0v) is 20.0. The van der Waals surface area contributed by atoms with E-state index < -0.39 is 29.1 Å². The van der Waals surface area contributed by atoms with E-state index in [2.05, 4.69) is 5.32 Å². The van der Waals surface area contributed by atoms with E-state index in [4.69, 9.17) is 4.74 Å². The minimum absolute atomic E-state index is 0.687. The van der Waals surface area contributed by atoms with Gasteiger partial charge in [-0.3, -0.25) is 5.32 Å². The highest BCUT2D eigenvalue weighted by Gasteiger charge is 2.59. The second-order valence-electron chi connectivity index (χ2n) is 9.67. The first-order chi connectivity index (χ1) is 16.9. The first kappa shape index (κ1) is 23.5. The van der Waals surface area contributed by atoms with Gasteiger partial charge < -0.3 is 14.9 Å². The molecule has 0 aromatic heterocycles. The Morgan fingerprint density at radius 2 is 0.886 bits per heavy atom. The molecular weight excluding hydrogens is 434 g/mol. The summed E-state index contributed by atoms with van der Waals surface area (Å²) in [5, 5.41) is 28.8. The lowest BCUT2D eigenvalue weighted by Crippen LogP contribution is -2.58. The number of nitrogens with one attached hydrogen (secondary N) is 1. The van der Waals surface area contributed by atoms with Crippen molar-refractivity contribution in [3.05, 3.63) is 144 Å². The molecular formula is C31H31NO3. The van der Waals surface area contributed by atoms with Crippen LogP contribution in [0.2, 0.25) is 0 Å². The van der Waals surface area contributed by atoms with Crippen molar-refractivity contribution in [2.24, 2.45) is 0 Å². The van der Waals surface area contributed by atoms with Gasteiger partial charge in [0.1, 0.15) is 23.0 Å². The molecule has 0 unspecified atom stereocenters. The zero-order chi connectivity index (χ0) is 24.5. The summed E-state index contributed by atoms with van der Waals surface area (Å²) in [4.78, 5) is 0. The molecule has 0 radical (unpaired) electrons. The average Bonchev–Trinajstić information content (AvgIpc) is 3.26. The molecule has 0 aliphatic carbocycles. The number of benzene rings is 4. The second-order valence-corrected chi connectivity index (χ2v) is 9.67. The molecule has 35 heavy (non-hydrogen) atoms. The molecule has 1 aliphatic heterocycles. The van der Waals surface area contributed by atoms with Crippen LogP contribution in [0, 0.1) is 0 Å². The van der Waals surface area contributed by atoms with E-state index in [1.54, 1.807) is 0 Å². The molecule has 1 saturated heterocycles. The Bertz CT molecular complexity index is 1070. The van der Waals surface area contributed by atoms with Crippen LogP contribution in [0.3, 0.4) is 0 Å². The van der Waals surface area contributed by atoms with Gasteiger partial charge in [0.05, 0.1) is 6.04 Å². The summed E-state index contributed by atoms with van der Waals surface area (Å²) in [5.41, 5.74) is -0.987. The van der Waals surface area contributed by atoms with Crippen molar-refractivity contribution in [2.75, 3.05) is 0 Å². The lowest BCUT2D eigenvalue weighted by atomic mass is 9.71. The molecule has 4 heteroatoms. The molecule has 0 saturated carbocycles. The van der Waals surface area contributed by atoms with Crippen molar-refractivity contribution in [1.29, 1.82) is 0 Å². The molecule has 4 aromatic rings. The number of hydrogen-bond donors (Lipinski definition) is 3. The summed E-state index contributed by atoms with van der Waals surface area (Å²) in [6.45, 7) is 3.85. The van der Waals surface area contributed by atoms with Crippen LogP contribution in [0.4, 0.5) is 0 Å². The summed E-state index contributed by atoms with van der Waals surface area (Å²) in [5.74, 6) is 0. The average molecular weight is 466 g/mol. The number of ether oxygens (including phenoxy) is 1. The third-order valence-corrected chi connectivity index (χ3v) is 6.94. The predicted molar refractivity (Wildman–Crippen MR) is 138 cm³/mol. The van der Waals surface area contributed by atoms with E-state index in [-0.39, 0.29) is 0 Å². The van der Waals surface area contributed by atoms with Crippen molar-refractivity contribution >= 4 is 0 Å². The molecule has 1 fully saturated rings. The summed E-state index contributed by atoms with van der Waals surface area (Å²) < 4.78 is 6.60. The van der Waals surface area contributed by atoms with E-state index >= 15 is 0 Å². The fraction of sp³-hybridized carbons (Fsp3) is 0.226. The SMILES string of the molecule is CC1(C)N[C@@H](C(O)(c2ccccc2)c2ccccc2)[C@H](C(O)(c2ccccc2)c2ccccc2)O1. The molecule has 5 rings (SSSR count). The van der Waals surface area contributed by atoms with Gasteiger partial charge in [0, 0.05) is 0 Å². The van der Waals surface area contributed by atoms with Crippen LogP contribution in [0.15, 0.2) is 121 Å². The van der Waals surface area contributed by atoms with Gasteiger partial charge in [-0.05, 0) is 36.1 Å². The Morgan fingerprint density at radius 3 is 1.23 bits per heavy atom. The van der Waals surface area contributed by atoms with Gasteiger partial charge in [-0.2, -0.15) is 0 Å². The predicted octanol–water partition coefficient (Wildman–Crippen LogP) is 4.95. The first-order valence-electron chi connectivity index (χ1n) is 12.0. The van der Waals surface area contributed by atoms with Crippen LogP contribution in [0.1, 0.15) is 36.1 Å². The Kier molecular flexibility index (Phi) is 6.07. The standard InChI is InChI=1S/C31H31NO3/c1-29(2)32-27(30(33,23-15-7-3-8-16-23)24-17-9-4-10-18-24)28(35-29)31(34,25-19-11-5-12-20-25)26-21-13-6-14-22-26/h3-22,27-28,32-34H,1-2H3/t27-,28-/m1/s1. The normalized spacial score (nSPS) is 20.0. The quantitative estimate of drug-likeness (QED) is 0.377. The van der Waals surface area contributed by atoms with Crippen molar-refractivity contribution in [3.8, 4) is 0 Å². The number of hydrogen-bond acceptors (Lipinski definition) is 4. The summed E-state index contributed by atoms with van der Waals surface area (Å²) >= 11 is 0. The molecule has 0 amide bonds. The molecule has 0 spiro atoms. The maximum absolute atomic E-state index is 12.7. The summed E-state index contributed by atoms with van der Waals surface area (Å²) in [6, 6.07) is 37.6. The minimum Gasteiger partial charge on any atom is -0.379 e. The zero-order valence-electron chi connectivity index (χ0n) is 20.0. The van der Waals surface area contributed by atoms with Crippen LogP contribution in [0.5, 0.6) is 0 Å². The molecule has 4 aromatic carbocycles. The third kappa shape index (κ3) is 4.09. The van der Waals surface area contributed by atoms with Gasteiger partial charge in [-0.1, -0.05) is 121 Å². The number of rotatable bonds is 6. The molecule has 1 aliphatic rings. The van der Waals surface area contributed by atoms with E-state index in [1.807, 2.05) is 135 Å². The molecule has 178 valence electrons. The maximum Gasteiger partial charge on any atom is 0.142 e. The van der Waals surface area contributed by atoms with Crippen LogP contribution < -0.4 is 5.32 Å². The van der Waals surface area contributed by atoms with Crippen LogP contribution >= 0.6 is 0 Å². The van der Waals surface area contributed by atoms with Gasteiger partial charge in [-0.25, -0.2) is 0 Å². The Morgan fingerprint density at radius 1 is 0.571 bits per heavy atom. The van der Waals surface area contributed by atoms with E-state index in [0.29, 0.717) is 11.1 Å².